The predicted molar refractivity (Wildman–Crippen MR) is 78.9 cm³/mol. The first kappa shape index (κ1) is 14.6. The van der Waals surface area contributed by atoms with Crippen LogP contribution < -0.4 is 5.32 Å². The van der Waals surface area contributed by atoms with E-state index in [9.17, 15) is 9.90 Å². The highest BCUT2D eigenvalue weighted by Crippen LogP contribution is 2.31. The van der Waals surface area contributed by atoms with E-state index in [2.05, 4.69) is 24.1 Å². The summed E-state index contributed by atoms with van der Waals surface area (Å²) in [5.41, 5.74) is 0.0595. The topological polar surface area (TPSA) is 49.3 Å². The van der Waals surface area contributed by atoms with Gasteiger partial charge in [0.05, 0.1) is 5.60 Å². The second kappa shape index (κ2) is 6.58. The van der Waals surface area contributed by atoms with Crippen LogP contribution in [0.3, 0.4) is 0 Å². The first-order chi connectivity index (χ1) is 9.57. The molecule has 3 heteroatoms. The zero-order valence-corrected chi connectivity index (χ0v) is 11.9. The van der Waals surface area contributed by atoms with Crippen molar-refractivity contribution >= 4 is 5.91 Å². The second-order valence-corrected chi connectivity index (χ2v) is 5.71. The summed E-state index contributed by atoms with van der Waals surface area (Å²) >= 11 is 0. The molecule has 0 spiro atoms. The fourth-order valence-corrected chi connectivity index (χ4v) is 2.42. The number of nitrogens with one attached hydrogen (secondary N) is 1. The Kier molecular flexibility index (Phi) is 4.81. The molecule has 20 heavy (non-hydrogen) atoms. The van der Waals surface area contributed by atoms with Gasteiger partial charge in [-0.2, -0.15) is 0 Å². The molecule has 0 saturated heterocycles. The smallest absolute Gasteiger partial charge is 0.296 e. The predicted octanol–water partition coefficient (Wildman–Crippen LogP) is 2.10. The lowest BCUT2D eigenvalue weighted by Gasteiger charge is -2.34. The van der Waals surface area contributed by atoms with Crippen molar-refractivity contribution in [2.75, 3.05) is 6.54 Å². The van der Waals surface area contributed by atoms with Gasteiger partial charge in [-0.15, -0.1) is 0 Å². The number of carbonyl (C=O) groups excluding carboxylic acids is 1. The van der Waals surface area contributed by atoms with Crippen molar-refractivity contribution in [2.45, 2.75) is 38.2 Å². The quantitative estimate of drug-likeness (QED) is 0.809. The van der Waals surface area contributed by atoms with Crippen LogP contribution in [0.1, 0.15) is 38.2 Å². The van der Waals surface area contributed by atoms with Crippen molar-refractivity contribution in [3.05, 3.63) is 35.9 Å². The largest absolute Gasteiger partial charge is 0.388 e. The summed E-state index contributed by atoms with van der Waals surface area (Å²) in [5.74, 6) is 5.70. The molecule has 2 rings (SSSR count). The summed E-state index contributed by atoms with van der Waals surface area (Å²) in [6, 6.07) is 9.39. The molecule has 2 N–H and O–H groups in total. The molecule has 0 heterocycles. The van der Waals surface area contributed by atoms with Crippen LogP contribution in [0.2, 0.25) is 0 Å². The minimum Gasteiger partial charge on any atom is -0.388 e. The summed E-state index contributed by atoms with van der Waals surface area (Å²) in [6.07, 6.45) is 3.53. The van der Waals surface area contributed by atoms with E-state index < -0.39 is 5.60 Å². The van der Waals surface area contributed by atoms with E-state index >= 15 is 0 Å². The van der Waals surface area contributed by atoms with Gasteiger partial charge in [-0.05, 0) is 43.7 Å². The zero-order chi connectivity index (χ0) is 14.4. The maximum atomic E-state index is 11.7. The van der Waals surface area contributed by atoms with Gasteiger partial charge in [0, 0.05) is 18.0 Å². The normalized spacial score (nSPS) is 25.4. The van der Waals surface area contributed by atoms with Gasteiger partial charge in [-0.3, -0.25) is 4.79 Å². The number of hydrogen-bond donors (Lipinski definition) is 2. The summed E-state index contributed by atoms with van der Waals surface area (Å²) in [4.78, 5) is 11.7. The number of hydrogen-bond acceptors (Lipinski definition) is 2. The molecule has 1 fully saturated rings. The Morgan fingerprint density at radius 3 is 2.65 bits per heavy atom. The average Bonchev–Trinajstić information content (AvgIpc) is 2.48. The van der Waals surface area contributed by atoms with E-state index in [1.165, 1.54) is 0 Å². The molecule has 1 aliphatic rings. The maximum Gasteiger partial charge on any atom is 0.296 e. The van der Waals surface area contributed by atoms with Gasteiger partial charge in [0.25, 0.3) is 5.91 Å². The molecule has 0 radical (unpaired) electrons. The van der Waals surface area contributed by atoms with E-state index in [4.69, 9.17) is 0 Å². The van der Waals surface area contributed by atoms with Gasteiger partial charge in [-0.25, -0.2) is 0 Å². The van der Waals surface area contributed by atoms with Crippen LogP contribution in [-0.4, -0.2) is 23.2 Å². The highest BCUT2D eigenvalue weighted by molar-refractivity contribution is 5.94. The molecule has 1 aliphatic carbocycles. The molecule has 106 valence electrons. The number of benzene rings is 1. The monoisotopic (exact) mass is 271 g/mol. The molecule has 0 unspecified atom stereocenters. The molecule has 1 amide bonds. The van der Waals surface area contributed by atoms with Crippen molar-refractivity contribution in [2.24, 2.45) is 5.92 Å². The van der Waals surface area contributed by atoms with Gasteiger partial charge >= 0.3 is 0 Å². The van der Waals surface area contributed by atoms with Crippen LogP contribution in [0, 0.1) is 17.8 Å². The molecule has 0 aliphatic heterocycles. The third-order valence-electron chi connectivity index (χ3n) is 3.88. The molecule has 1 saturated carbocycles. The Morgan fingerprint density at radius 1 is 1.35 bits per heavy atom. The Morgan fingerprint density at radius 2 is 2.00 bits per heavy atom. The van der Waals surface area contributed by atoms with Crippen LogP contribution in [-0.2, 0) is 4.79 Å². The van der Waals surface area contributed by atoms with Gasteiger partial charge in [0.2, 0.25) is 0 Å². The lowest BCUT2D eigenvalue weighted by molar-refractivity contribution is -0.117. The Hall–Kier alpha value is -1.79. The van der Waals surface area contributed by atoms with Gasteiger partial charge in [0.15, 0.2) is 0 Å². The summed E-state index contributed by atoms with van der Waals surface area (Å²) in [7, 11) is 0. The standard InChI is InChI=1S/C17H21NO2/c1-14-9-11-17(20,12-10-14)13-18-16(19)8-7-15-5-3-2-4-6-15/h2-6,14,20H,9-13H2,1H3,(H,18,19). The number of aliphatic hydroxyl groups is 1. The lowest BCUT2D eigenvalue weighted by Crippen LogP contribution is -2.44. The number of rotatable bonds is 2. The first-order valence-electron chi connectivity index (χ1n) is 7.15. The molecular formula is C17H21NO2. The van der Waals surface area contributed by atoms with Gasteiger partial charge < -0.3 is 10.4 Å². The fraction of sp³-hybridized carbons (Fsp3) is 0.471. The van der Waals surface area contributed by atoms with E-state index in [1.807, 2.05) is 30.3 Å². The van der Waals surface area contributed by atoms with Gasteiger partial charge in [-0.1, -0.05) is 31.0 Å². The average molecular weight is 271 g/mol. The minimum absolute atomic E-state index is 0.294. The van der Waals surface area contributed by atoms with Crippen molar-refractivity contribution in [3.8, 4) is 11.8 Å². The summed E-state index contributed by atoms with van der Waals surface area (Å²) in [6.45, 7) is 2.49. The van der Waals surface area contributed by atoms with Crippen molar-refractivity contribution in [1.82, 2.24) is 5.32 Å². The van der Waals surface area contributed by atoms with Crippen molar-refractivity contribution < 1.29 is 9.90 Å². The number of amides is 1. The third-order valence-corrected chi connectivity index (χ3v) is 3.88. The summed E-state index contributed by atoms with van der Waals surface area (Å²) in [5, 5.41) is 13.1. The zero-order valence-electron chi connectivity index (χ0n) is 11.9. The molecule has 0 aromatic heterocycles. The van der Waals surface area contributed by atoms with E-state index in [-0.39, 0.29) is 5.91 Å². The SMILES string of the molecule is CC1CCC(O)(CNC(=O)C#Cc2ccccc2)CC1. The highest BCUT2D eigenvalue weighted by atomic mass is 16.3. The van der Waals surface area contributed by atoms with E-state index in [0.29, 0.717) is 12.5 Å². The second-order valence-electron chi connectivity index (χ2n) is 5.71. The number of carbonyl (C=O) groups is 1. The van der Waals surface area contributed by atoms with E-state index in [0.717, 1.165) is 31.2 Å². The van der Waals surface area contributed by atoms with Crippen LogP contribution in [0.25, 0.3) is 0 Å². The third kappa shape index (κ3) is 4.40. The minimum atomic E-state index is -0.753. The molecule has 1 aromatic carbocycles. The molecular weight excluding hydrogens is 250 g/mol. The van der Waals surface area contributed by atoms with Crippen LogP contribution >= 0.6 is 0 Å². The van der Waals surface area contributed by atoms with Crippen LogP contribution in [0.5, 0.6) is 0 Å². The lowest BCUT2D eigenvalue weighted by atomic mass is 9.79. The van der Waals surface area contributed by atoms with Crippen molar-refractivity contribution in [1.29, 1.82) is 0 Å². The fourth-order valence-electron chi connectivity index (χ4n) is 2.42. The van der Waals surface area contributed by atoms with Gasteiger partial charge in [0.1, 0.15) is 0 Å². The molecule has 3 nitrogen and oxygen atoms in total. The van der Waals surface area contributed by atoms with Crippen molar-refractivity contribution in [3.63, 3.8) is 0 Å². The van der Waals surface area contributed by atoms with Crippen LogP contribution in [0.15, 0.2) is 30.3 Å². The Bertz CT molecular complexity index is 505. The van der Waals surface area contributed by atoms with Crippen LogP contribution in [0.4, 0.5) is 0 Å². The Balaban J connectivity index is 1.82. The maximum absolute atomic E-state index is 11.7. The Labute approximate surface area is 120 Å². The van der Waals surface area contributed by atoms with E-state index in [1.54, 1.807) is 0 Å². The molecule has 0 atom stereocenters. The molecule has 0 bridgehead atoms. The summed E-state index contributed by atoms with van der Waals surface area (Å²) < 4.78 is 0. The highest BCUT2D eigenvalue weighted by Gasteiger charge is 2.31. The molecule has 1 aromatic rings. The first-order valence-corrected chi connectivity index (χ1v) is 7.15.